The molecule has 1 aromatic heterocycles. The van der Waals surface area contributed by atoms with Crippen LogP contribution in [0.4, 0.5) is 0 Å². The van der Waals surface area contributed by atoms with E-state index in [9.17, 15) is 14.7 Å². The Bertz CT molecular complexity index is 563. The number of hydrogen-bond donors (Lipinski definition) is 2. The minimum absolute atomic E-state index is 0.148. The van der Waals surface area contributed by atoms with Gasteiger partial charge in [-0.2, -0.15) is 0 Å². The average Bonchev–Trinajstić information content (AvgIpc) is 2.98. The van der Waals surface area contributed by atoms with E-state index in [0.29, 0.717) is 19.4 Å². The lowest BCUT2D eigenvalue weighted by Gasteiger charge is -2.29. The summed E-state index contributed by atoms with van der Waals surface area (Å²) in [6.07, 6.45) is 7.13. The molecule has 0 aromatic carbocycles. The van der Waals surface area contributed by atoms with E-state index >= 15 is 0 Å². The van der Waals surface area contributed by atoms with E-state index in [2.05, 4.69) is 10.3 Å². The first kappa shape index (κ1) is 16.3. The SMILES string of the molecule is CC1=C(C)CC(C(=O)NCCCn2ccnc2)C(C(=O)O)C1. The zero-order valence-corrected chi connectivity index (χ0v) is 13.1. The van der Waals surface area contributed by atoms with Crippen molar-refractivity contribution in [2.24, 2.45) is 11.8 Å². The number of rotatable bonds is 6. The van der Waals surface area contributed by atoms with Gasteiger partial charge in [0.1, 0.15) is 0 Å². The van der Waals surface area contributed by atoms with Crippen molar-refractivity contribution in [1.29, 1.82) is 0 Å². The number of aryl methyl sites for hydroxylation is 1. The Morgan fingerprint density at radius 2 is 2.00 bits per heavy atom. The van der Waals surface area contributed by atoms with Crippen LogP contribution in [0.15, 0.2) is 29.9 Å². The highest BCUT2D eigenvalue weighted by atomic mass is 16.4. The summed E-state index contributed by atoms with van der Waals surface area (Å²) in [5.41, 5.74) is 2.23. The van der Waals surface area contributed by atoms with Crippen molar-refractivity contribution in [2.75, 3.05) is 6.54 Å². The third-order valence-electron chi connectivity index (χ3n) is 4.37. The molecule has 2 unspecified atom stereocenters. The highest BCUT2D eigenvalue weighted by Gasteiger charge is 2.36. The first-order valence-electron chi connectivity index (χ1n) is 7.60. The number of carbonyl (C=O) groups excluding carboxylic acids is 1. The molecule has 2 N–H and O–H groups in total. The molecule has 0 fully saturated rings. The Morgan fingerprint density at radius 3 is 2.59 bits per heavy atom. The minimum Gasteiger partial charge on any atom is -0.481 e. The summed E-state index contributed by atoms with van der Waals surface area (Å²) < 4.78 is 1.95. The number of nitrogens with zero attached hydrogens (tertiary/aromatic N) is 2. The quantitative estimate of drug-likeness (QED) is 0.620. The number of imidazole rings is 1. The number of amides is 1. The number of aliphatic carboxylic acids is 1. The summed E-state index contributed by atoms with van der Waals surface area (Å²) in [7, 11) is 0. The summed E-state index contributed by atoms with van der Waals surface area (Å²) in [6.45, 7) is 5.25. The maximum atomic E-state index is 12.3. The van der Waals surface area contributed by atoms with Crippen LogP contribution in [0.1, 0.15) is 33.1 Å². The molecular weight excluding hydrogens is 282 g/mol. The Labute approximate surface area is 130 Å². The van der Waals surface area contributed by atoms with Crippen molar-refractivity contribution in [3.63, 3.8) is 0 Å². The number of aromatic nitrogens is 2. The maximum Gasteiger partial charge on any atom is 0.307 e. The average molecular weight is 305 g/mol. The van der Waals surface area contributed by atoms with Crippen molar-refractivity contribution in [3.05, 3.63) is 29.9 Å². The second kappa shape index (κ2) is 7.24. The van der Waals surface area contributed by atoms with Gasteiger partial charge in [-0.3, -0.25) is 9.59 Å². The lowest BCUT2D eigenvalue weighted by molar-refractivity contribution is -0.147. The molecule has 0 spiro atoms. The fraction of sp³-hybridized carbons (Fsp3) is 0.562. The zero-order chi connectivity index (χ0) is 16.1. The van der Waals surface area contributed by atoms with Gasteiger partial charge in [0, 0.05) is 25.5 Å². The monoisotopic (exact) mass is 305 g/mol. The molecule has 6 nitrogen and oxygen atoms in total. The molecule has 0 bridgehead atoms. The van der Waals surface area contributed by atoms with Crippen LogP contribution in [0.3, 0.4) is 0 Å². The molecule has 0 aliphatic heterocycles. The summed E-state index contributed by atoms with van der Waals surface area (Å²) in [6, 6.07) is 0. The Morgan fingerprint density at radius 1 is 1.32 bits per heavy atom. The predicted octanol–water partition coefficient (Wildman–Crippen LogP) is 1.84. The highest BCUT2D eigenvalue weighted by molar-refractivity contribution is 5.85. The number of allylic oxidation sites excluding steroid dienone is 2. The van der Waals surface area contributed by atoms with E-state index in [-0.39, 0.29) is 5.91 Å². The van der Waals surface area contributed by atoms with E-state index in [1.807, 2.05) is 24.6 Å². The molecule has 1 aliphatic carbocycles. The van der Waals surface area contributed by atoms with Gasteiger partial charge in [-0.25, -0.2) is 4.98 Å². The van der Waals surface area contributed by atoms with Gasteiger partial charge in [-0.1, -0.05) is 11.1 Å². The molecule has 1 aliphatic rings. The van der Waals surface area contributed by atoms with Crippen molar-refractivity contribution in [3.8, 4) is 0 Å². The molecular formula is C16H23N3O3. The number of carbonyl (C=O) groups is 2. The van der Waals surface area contributed by atoms with Crippen LogP contribution < -0.4 is 5.32 Å². The van der Waals surface area contributed by atoms with Crippen molar-refractivity contribution < 1.29 is 14.7 Å². The van der Waals surface area contributed by atoms with Gasteiger partial charge in [0.25, 0.3) is 0 Å². The molecule has 0 saturated heterocycles. The summed E-state index contributed by atoms with van der Waals surface area (Å²) in [4.78, 5) is 27.7. The highest BCUT2D eigenvalue weighted by Crippen LogP contribution is 2.34. The number of carboxylic acid groups (broad SMARTS) is 1. The number of nitrogens with one attached hydrogen (secondary N) is 1. The van der Waals surface area contributed by atoms with Crippen molar-refractivity contribution in [2.45, 2.75) is 39.7 Å². The van der Waals surface area contributed by atoms with Crippen LogP contribution in [0.5, 0.6) is 0 Å². The van der Waals surface area contributed by atoms with Gasteiger partial charge in [-0.05, 0) is 33.1 Å². The van der Waals surface area contributed by atoms with Crippen LogP contribution in [0.25, 0.3) is 0 Å². The zero-order valence-electron chi connectivity index (χ0n) is 13.1. The number of carboxylic acids is 1. The first-order valence-corrected chi connectivity index (χ1v) is 7.60. The largest absolute Gasteiger partial charge is 0.481 e. The Balaban J connectivity index is 1.86. The van der Waals surface area contributed by atoms with Crippen molar-refractivity contribution >= 4 is 11.9 Å². The molecule has 0 radical (unpaired) electrons. The Hall–Kier alpha value is -2.11. The Kier molecular flexibility index (Phi) is 5.35. The van der Waals surface area contributed by atoms with Crippen LogP contribution in [-0.4, -0.2) is 33.1 Å². The van der Waals surface area contributed by atoms with Gasteiger partial charge in [0.2, 0.25) is 5.91 Å². The van der Waals surface area contributed by atoms with Gasteiger partial charge >= 0.3 is 5.97 Å². The topological polar surface area (TPSA) is 84.2 Å². The number of hydrogen-bond acceptors (Lipinski definition) is 3. The third-order valence-corrected chi connectivity index (χ3v) is 4.37. The summed E-state index contributed by atoms with van der Waals surface area (Å²) in [5, 5.41) is 12.2. The van der Waals surface area contributed by atoms with E-state index in [1.54, 1.807) is 12.5 Å². The van der Waals surface area contributed by atoms with Gasteiger partial charge in [0.05, 0.1) is 18.2 Å². The minimum atomic E-state index is -0.884. The maximum absolute atomic E-state index is 12.3. The third kappa shape index (κ3) is 3.96. The van der Waals surface area contributed by atoms with Crippen LogP contribution in [-0.2, 0) is 16.1 Å². The normalized spacial score (nSPS) is 21.7. The van der Waals surface area contributed by atoms with E-state index < -0.39 is 17.8 Å². The predicted molar refractivity (Wildman–Crippen MR) is 82.1 cm³/mol. The lowest BCUT2D eigenvalue weighted by Crippen LogP contribution is -2.40. The van der Waals surface area contributed by atoms with Gasteiger partial charge in [0.15, 0.2) is 0 Å². The standard InChI is InChI=1S/C16H23N3O3/c1-11-8-13(14(16(21)22)9-12(11)2)15(20)18-4-3-6-19-7-5-17-10-19/h5,7,10,13-14H,3-4,6,8-9H2,1-2H3,(H,18,20)(H,21,22). The molecule has 22 heavy (non-hydrogen) atoms. The first-order chi connectivity index (χ1) is 10.5. The van der Waals surface area contributed by atoms with Crippen LogP contribution >= 0.6 is 0 Å². The van der Waals surface area contributed by atoms with Crippen LogP contribution in [0.2, 0.25) is 0 Å². The molecule has 0 saturated carbocycles. The van der Waals surface area contributed by atoms with Gasteiger partial charge in [-0.15, -0.1) is 0 Å². The molecule has 2 atom stereocenters. The smallest absolute Gasteiger partial charge is 0.307 e. The summed E-state index contributed by atoms with van der Waals surface area (Å²) in [5.74, 6) is -2.11. The van der Waals surface area contributed by atoms with Crippen LogP contribution in [0, 0.1) is 11.8 Å². The molecule has 1 heterocycles. The van der Waals surface area contributed by atoms with E-state index in [4.69, 9.17) is 0 Å². The van der Waals surface area contributed by atoms with Crippen molar-refractivity contribution in [1.82, 2.24) is 14.9 Å². The fourth-order valence-corrected chi connectivity index (χ4v) is 2.85. The van der Waals surface area contributed by atoms with E-state index in [1.165, 1.54) is 0 Å². The molecule has 6 heteroatoms. The second-order valence-corrected chi connectivity index (χ2v) is 5.97. The van der Waals surface area contributed by atoms with E-state index in [0.717, 1.165) is 24.1 Å². The van der Waals surface area contributed by atoms with Gasteiger partial charge < -0.3 is 15.0 Å². The molecule has 120 valence electrons. The molecule has 1 aromatic rings. The molecule has 2 rings (SSSR count). The second-order valence-electron chi connectivity index (χ2n) is 5.97. The molecule has 1 amide bonds. The summed E-state index contributed by atoms with van der Waals surface area (Å²) >= 11 is 0. The lowest BCUT2D eigenvalue weighted by atomic mass is 9.76. The fourth-order valence-electron chi connectivity index (χ4n) is 2.85.